The van der Waals surface area contributed by atoms with Gasteiger partial charge in [-0.1, -0.05) is 212 Å². The largest absolute Gasteiger partial charge is 0.756 e. The number of phosphoric ester groups is 1. The van der Waals surface area contributed by atoms with E-state index < -0.39 is 26.6 Å². The van der Waals surface area contributed by atoms with Gasteiger partial charge in [0.1, 0.15) is 19.3 Å². The molecular weight excluding hydrogens is 868 g/mol. The van der Waals surface area contributed by atoms with Crippen LogP contribution in [0.4, 0.5) is 0 Å². The lowest BCUT2D eigenvalue weighted by Gasteiger charge is -2.30. The smallest absolute Gasteiger partial charge is 0.306 e. The Hall–Kier alpha value is -1.77. The highest BCUT2D eigenvalue weighted by atomic mass is 31.2. The van der Waals surface area contributed by atoms with Crippen LogP contribution in [0.5, 0.6) is 0 Å². The molecule has 3 unspecified atom stereocenters. The van der Waals surface area contributed by atoms with Gasteiger partial charge < -0.3 is 28.5 Å². The van der Waals surface area contributed by atoms with Crippen molar-refractivity contribution in [3.63, 3.8) is 0 Å². The van der Waals surface area contributed by atoms with Crippen molar-refractivity contribution in [2.24, 2.45) is 0 Å². The summed E-state index contributed by atoms with van der Waals surface area (Å²) in [6, 6.07) is -0.892. The van der Waals surface area contributed by atoms with Crippen molar-refractivity contribution in [1.29, 1.82) is 0 Å². The van der Waals surface area contributed by atoms with Crippen LogP contribution in [0.3, 0.4) is 0 Å². The lowest BCUT2D eigenvalue weighted by atomic mass is 10.0. The summed E-state index contributed by atoms with van der Waals surface area (Å²) in [5.74, 6) is -0.558. The number of rotatable bonds is 52. The van der Waals surface area contributed by atoms with Gasteiger partial charge in [-0.25, -0.2) is 0 Å². The van der Waals surface area contributed by atoms with E-state index >= 15 is 0 Å². The second kappa shape index (κ2) is 48.8. The Bertz CT molecular complexity index is 1270. The standard InChI is InChI=1S/C58H111N2O7P/c1-7-10-13-16-19-22-25-28-30-32-35-38-41-44-47-50-57(61)59-55(54-66-68(63,64)65-53-52-60(4,5)6)56(49-46-43-40-37-34-31-27-24-21-18-15-12-9-3)67-58(62)51-48-45-42-39-36-33-29-26-23-20-17-14-11-8-2/h22,25,33,36,46,49,55-56H,7-21,23-24,26-32,34-35,37-45,47-48,50-54H2,1-6H3,(H-,59,61,63,64)/b25-22-,36-33-,49-46+. The maximum absolute atomic E-state index is 13.5. The Morgan fingerprint density at radius 1 is 0.500 bits per heavy atom. The fraction of sp³-hybridized carbons (Fsp3) is 0.862. The molecule has 0 radical (unpaired) electrons. The number of nitrogens with one attached hydrogen (secondary N) is 1. The number of allylic oxidation sites excluding steroid dienone is 5. The fourth-order valence-electron chi connectivity index (χ4n) is 8.28. The Morgan fingerprint density at radius 3 is 1.28 bits per heavy atom. The van der Waals surface area contributed by atoms with Crippen molar-refractivity contribution >= 4 is 19.7 Å². The molecule has 0 fully saturated rings. The lowest BCUT2D eigenvalue weighted by molar-refractivity contribution is -0.870. The van der Waals surface area contributed by atoms with Crippen LogP contribution < -0.4 is 10.2 Å². The second-order valence-corrected chi connectivity index (χ2v) is 22.2. The molecule has 0 rings (SSSR count). The minimum Gasteiger partial charge on any atom is -0.756 e. The van der Waals surface area contributed by atoms with E-state index in [4.69, 9.17) is 13.8 Å². The topological polar surface area (TPSA) is 114 Å². The molecule has 400 valence electrons. The Balaban J connectivity index is 5.40. The zero-order chi connectivity index (χ0) is 50.1. The number of unbranched alkanes of at least 4 members (excludes halogenated alkanes) is 32. The highest BCUT2D eigenvalue weighted by Crippen LogP contribution is 2.38. The van der Waals surface area contributed by atoms with E-state index in [1.54, 1.807) is 0 Å². The SMILES string of the molecule is CCCCCC/C=C\CCCCCCCCCC(=O)NC(COP(=O)([O-])OCC[N+](C)(C)C)C(/C=C/CCCCCCCCCCCCC)OC(=O)CCCCC/C=C\CCCCCCCCC. The molecule has 0 saturated heterocycles. The predicted molar refractivity (Wildman–Crippen MR) is 289 cm³/mol. The zero-order valence-corrected chi connectivity index (χ0v) is 46.5. The molecule has 3 atom stereocenters. The third kappa shape index (κ3) is 49.2. The van der Waals surface area contributed by atoms with Crippen LogP contribution in [-0.4, -0.2) is 69.4 Å². The number of amides is 1. The van der Waals surface area contributed by atoms with Crippen molar-refractivity contribution in [1.82, 2.24) is 5.32 Å². The number of carbonyl (C=O) groups excluding carboxylic acids is 2. The van der Waals surface area contributed by atoms with Gasteiger partial charge in [0, 0.05) is 12.8 Å². The third-order valence-corrected chi connectivity index (χ3v) is 13.8. The van der Waals surface area contributed by atoms with Crippen LogP contribution in [-0.2, 0) is 27.9 Å². The summed E-state index contributed by atoms with van der Waals surface area (Å²) in [6.45, 7) is 6.82. The van der Waals surface area contributed by atoms with Gasteiger partial charge in [0.2, 0.25) is 5.91 Å². The second-order valence-electron chi connectivity index (χ2n) is 20.8. The number of nitrogens with zero attached hydrogens (tertiary/aromatic N) is 1. The van der Waals surface area contributed by atoms with E-state index in [9.17, 15) is 19.0 Å². The first-order valence-electron chi connectivity index (χ1n) is 28.8. The number of likely N-dealkylation sites (N-methyl/N-ethyl adjacent to an activating group) is 1. The molecule has 0 aliphatic rings. The molecule has 0 heterocycles. The van der Waals surface area contributed by atoms with Crippen molar-refractivity contribution in [2.45, 2.75) is 283 Å². The van der Waals surface area contributed by atoms with Gasteiger partial charge in [0.15, 0.2) is 0 Å². The monoisotopic (exact) mass is 979 g/mol. The van der Waals surface area contributed by atoms with Crippen molar-refractivity contribution in [3.8, 4) is 0 Å². The van der Waals surface area contributed by atoms with Gasteiger partial charge in [0.25, 0.3) is 7.82 Å². The van der Waals surface area contributed by atoms with Crippen LogP contribution in [0.1, 0.15) is 271 Å². The van der Waals surface area contributed by atoms with E-state index in [2.05, 4.69) is 50.4 Å². The van der Waals surface area contributed by atoms with Crippen LogP contribution >= 0.6 is 7.82 Å². The van der Waals surface area contributed by atoms with Gasteiger partial charge >= 0.3 is 5.97 Å². The fourth-order valence-corrected chi connectivity index (χ4v) is 9.00. The Labute approximate surface area is 421 Å². The van der Waals surface area contributed by atoms with E-state index in [1.165, 1.54) is 154 Å². The maximum Gasteiger partial charge on any atom is 0.306 e. The lowest BCUT2D eigenvalue weighted by Crippen LogP contribution is -2.47. The van der Waals surface area contributed by atoms with Gasteiger partial charge in [-0.05, 0) is 83.1 Å². The van der Waals surface area contributed by atoms with Crippen LogP contribution in [0, 0.1) is 0 Å². The van der Waals surface area contributed by atoms with E-state index in [-0.39, 0.29) is 24.9 Å². The molecule has 10 heteroatoms. The first-order chi connectivity index (χ1) is 32.9. The van der Waals surface area contributed by atoms with E-state index in [0.717, 1.165) is 77.0 Å². The zero-order valence-electron chi connectivity index (χ0n) is 45.6. The molecule has 1 amide bonds. The number of quaternary nitrogens is 1. The first-order valence-corrected chi connectivity index (χ1v) is 30.3. The number of phosphoric acid groups is 1. The quantitative estimate of drug-likeness (QED) is 0.0212. The summed E-state index contributed by atoms with van der Waals surface area (Å²) in [6.07, 6.45) is 56.7. The average Bonchev–Trinajstić information content (AvgIpc) is 3.29. The third-order valence-electron chi connectivity index (χ3n) is 12.8. The van der Waals surface area contributed by atoms with Crippen LogP contribution in [0.15, 0.2) is 36.5 Å². The molecule has 0 aliphatic heterocycles. The van der Waals surface area contributed by atoms with Crippen molar-refractivity contribution in [2.75, 3.05) is 40.9 Å². The van der Waals surface area contributed by atoms with E-state index in [0.29, 0.717) is 23.9 Å². The highest BCUT2D eigenvalue weighted by Gasteiger charge is 2.27. The molecule has 0 aromatic rings. The summed E-state index contributed by atoms with van der Waals surface area (Å²) in [7, 11) is 1.18. The molecule has 0 aromatic heterocycles. The molecule has 0 aliphatic carbocycles. The average molecular weight is 980 g/mol. The van der Waals surface area contributed by atoms with Gasteiger partial charge in [-0.2, -0.15) is 0 Å². The summed E-state index contributed by atoms with van der Waals surface area (Å²) >= 11 is 0. The van der Waals surface area contributed by atoms with Crippen LogP contribution in [0.2, 0.25) is 0 Å². The van der Waals surface area contributed by atoms with E-state index in [1.807, 2.05) is 33.3 Å². The van der Waals surface area contributed by atoms with Gasteiger partial charge in [0.05, 0.1) is 33.8 Å². The molecule has 9 nitrogen and oxygen atoms in total. The molecule has 0 saturated carbocycles. The van der Waals surface area contributed by atoms with Crippen molar-refractivity contribution < 1.29 is 37.3 Å². The predicted octanol–water partition coefficient (Wildman–Crippen LogP) is 16.5. The van der Waals surface area contributed by atoms with Gasteiger partial charge in [-0.3, -0.25) is 14.2 Å². The molecular formula is C58H111N2O7P. The summed E-state index contributed by atoms with van der Waals surface area (Å²) in [5, 5.41) is 3.02. The summed E-state index contributed by atoms with van der Waals surface area (Å²) < 4.78 is 30.2. The molecule has 0 aromatic carbocycles. The summed E-state index contributed by atoms with van der Waals surface area (Å²) in [5.41, 5.74) is 0. The minimum atomic E-state index is -4.69. The maximum atomic E-state index is 13.5. The van der Waals surface area contributed by atoms with Gasteiger partial charge in [-0.15, -0.1) is 0 Å². The molecule has 1 N–H and O–H groups in total. The molecule has 0 spiro atoms. The Kier molecular flexibility index (Phi) is 47.6. The molecule has 0 bridgehead atoms. The minimum absolute atomic E-state index is 0.0240. The normalized spacial score (nSPS) is 14.0. The molecule has 68 heavy (non-hydrogen) atoms. The highest BCUT2D eigenvalue weighted by molar-refractivity contribution is 7.45. The van der Waals surface area contributed by atoms with Crippen LogP contribution in [0.25, 0.3) is 0 Å². The number of hydrogen-bond donors (Lipinski definition) is 1. The number of carbonyl (C=O) groups is 2. The first kappa shape index (κ1) is 66.2. The Morgan fingerprint density at radius 2 is 0.853 bits per heavy atom. The number of ether oxygens (including phenoxy) is 1. The number of esters is 1. The summed E-state index contributed by atoms with van der Waals surface area (Å²) in [4.78, 5) is 39.8. The van der Waals surface area contributed by atoms with Crippen molar-refractivity contribution in [3.05, 3.63) is 36.5 Å². The number of hydrogen-bond acceptors (Lipinski definition) is 7.